The summed E-state index contributed by atoms with van der Waals surface area (Å²) in [5.41, 5.74) is 5.22. The predicted octanol–water partition coefficient (Wildman–Crippen LogP) is 2.45. The van der Waals surface area contributed by atoms with E-state index in [9.17, 15) is 10.2 Å². The predicted molar refractivity (Wildman–Crippen MR) is 72.9 cm³/mol. The lowest BCUT2D eigenvalue weighted by Crippen LogP contribution is -2.43. The van der Waals surface area contributed by atoms with Crippen LogP contribution in [0.5, 0.6) is 0 Å². The molecule has 0 aromatic heterocycles. The van der Waals surface area contributed by atoms with Gasteiger partial charge in [-0.05, 0) is 12.8 Å². The first-order chi connectivity index (χ1) is 8.16. The molecule has 0 fully saturated rings. The van der Waals surface area contributed by atoms with Gasteiger partial charge in [-0.15, -0.1) is 0 Å². The summed E-state index contributed by atoms with van der Waals surface area (Å²) >= 11 is 0. The molecule has 4 N–H and O–H groups in total. The van der Waals surface area contributed by atoms with Crippen molar-refractivity contribution >= 4 is 0 Å². The molecule has 3 heteroatoms. The molecule has 0 aromatic rings. The summed E-state index contributed by atoms with van der Waals surface area (Å²) in [5, 5.41) is 19.7. The molecule has 1 unspecified atom stereocenters. The molecular formula is C14H31NO2. The molecule has 0 aliphatic heterocycles. The third kappa shape index (κ3) is 5.84. The van der Waals surface area contributed by atoms with E-state index >= 15 is 0 Å². The summed E-state index contributed by atoms with van der Waals surface area (Å²) in [6.45, 7) is 4.63. The molecule has 0 spiro atoms. The molecular weight excluding hydrogens is 214 g/mol. The SMILES string of the molecule is CCCCCC(CO)(CCCCC)C(O)CN. The van der Waals surface area contributed by atoms with Crippen LogP contribution in [0.4, 0.5) is 0 Å². The summed E-state index contributed by atoms with van der Waals surface area (Å²) in [5.74, 6) is 0. The number of hydrogen-bond donors (Lipinski definition) is 3. The maximum atomic E-state index is 10.1. The van der Waals surface area contributed by atoms with Gasteiger partial charge in [0.15, 0.2) is 0 Å². The molecule has 104 valence electrons. The smallest absolute Gasteiger partial charge is 0.0740 e. The van der Waals surface area contributed by atoms with Gasteiger partial charge in [0.2, 0.25) is 0 Å². The molecule has 0 rings (SSSR count). The highest BCUT2D eigenvalue weighted by molar-refractivity contribution is 4.86. The lowest BCUT2D eigenvalue weighted by Gasteiger charge is -2.36. The van der Waals surface area contributed by atoms with Crippen molar-refractivity contribution in [1.29, 1.82) is 0 Å². The molecule has 0 aliphatic carbocycles. The first-order valence-corrected chi connectivity index (χ1v) is 7.15. The van der Waals surface area contributed by atoms with Gasteiger partial charge in [0.25, 0.3) is 0 Å². The highest BCUT2D eigenvalue weighted by Gasteiger charge is 2.35. The van der Waals surface area contributed by atoms with E-state index in [2.05, 4.69) is 13.8 Å². The average Bonchev–Trinajstić information content (AvgIpc) is 2.36. The first-order valence-electron chi connectivity index (χ1n) is 7.15. The second kappa shape index (κ2) is 9.86. The van der Waals surface area contributed by atoms with Gasteiger partial charge in [-0.2, -0.15) is 0 Å². The van der Waals surface area contributed by atoms with E-state index < -0.39 is 6.10 Å². The molecule has 1 atom stereocenters. The summed E-state index contributed by atoms with van der Waals surface area (Å²) in [4.78, 5) is 0. The molecule has 3 nitrogen and oxygen atoms in total. The van der Waals surface area contributed by atoms with E-state index in [4.69, 9.17) is 5.73 Å². The van der Waals surface area contributed by atoms with Crippen molar-refractivity contribution in [3.8, 4) is 0 Å². The van der Waals surface area contributed by atoms with Crippen LogP contribution in [0.3, 0.4) is 0 Å². The number of unbranched alkanes of at least 4 members (excludes halogenated alkanes) is 4. The lowest BCUT2D eigenvalue weighted by molar-refractivity contribution is -0.0277. The Morgan fingerprint density at radius 3 is 1.76 bits per heavy atom. The van der Waals surface area contributed by atoms with Crippen LogP contribution < -0.4 is 5.73 Å². The molecule has 0 heterocycles. The maximum Gasteiger partial charge on any atom is 0.0740 e. The largest absolute Gasteiger partial charge is 0.396 e. The number of hydrogen-bond acceptors (Lipinski definition) is 3. The minimum atomic E-state index is -0.568. The Kier molecular flexibility index (Phi) is 9.79. The number of aliphatic hydroxyl groups excluding tert-OH is 2. The van der Waals surface area contributed by atoms with E-state index in [1.807, 2.05) is 0 Å². The fraction of sp³-hybridized carbons (Fsp3) is 1.00. The van der Waals surface area contributed by atoms with Crippen molar-refractivity contribution in [2.45, 2.75) is 71.3 Å². The van der Waals surface area contributed by atoms with Gasteiger partial charge >= 0.3 is 0 Å². The van der Waals surface area contributed by atoms with Crippen molar-refractivity contribution < 1.29 is 10.2 Å². The van der Waals surface area contributed by atoms with E-state index in [0.29, 0.717) is 0 Å². The van der Waals surface area contributed by atoms with Gasteiger partial charge in [0, 0.05) is 12.0 Å². The van der Waals surface area contributed by atoms with Crippen LogP contribution in [0, 0.1) is 5.41 Å². The van der Waals surface area contributed by atoms with Crippen molar-refractivity contribution in [1.82, 2.24) is 0 Å². The number of rotatable bonds is 11. The van der Waals surface area contributed by atoms with Crippen LogP contribution in [0.15, 0.2) is 0 Å². The van der Waals surface area contributed by atoms with Gasteiger partial charge < -0.3 is 15.9 Å². The Bertz CT molecular complexity index is 164. The van der Waals surface area contributed by atoms with Crippen LogP contribution in [0.1, 0.15) is 65.2 Å². The molecule has 0 aliphatic rings. The fourth-order valence-electron chi connectivity index (χ4n) is 2.43. The zero-order chi connectivity index (χ0) is 13.1. The Labute approximate surface area is 106 Å². The molecule has 0 bridgehead atoms. The van der Waals surface area contributed by atoms with Crippen LogP contribution >= 0.6 is 0 Å². The van der Waals surface area contributed by atoms with E-state index in [1.54, 1.807) is 0 Å². The lowest BCUT2D eigenvalue weighted by atomic mass is 9.74. The maximum absolute atomic E-state index is 10.1. The molecule has 17 heavy (non-hydrogen) atoms. The Morgan fingerprint density at radius 1 is 1.00 bits per heavy atom. The van der Waals surface area contributed by atoms with Crippen LogP contribution in [0.25, 0.3) is 0 Å². The quantitative estimate of drug-likeness (QED) is 0.490. The van der Waals surface area contributed by atoms with Crippen LogP contribution in [0.2, 0.25) is 0 Å². The summed E-state index contributed by atoms with van der Waals surface area (Å²) < 4.78 is 0. The van der Waals surface area contributed by atoms with Crippen LogP contribution in [-0.2, 0) is 0 Å². The highest BCUT2D eigenvalue weighted by Crippen LogP contribution is 2.34. The fourth-order valence-corrected chi connectivity index (χ4v) is 2.43. The van der Waals surface area contributed by atoms with Crippen molar-refractivity contribution in [3.63, 3.8) is 0 Å². The summed E-state index contributed by atoms with van der Waals surface area (Å²) in [6.07, 6.45) is 7.99. The van der Waals surface area contributed by atoms with Crippen LogP contribution in [-0.4, -0.2) is 29.5 Å². The standard InChI is InChI=1S/C14H31NO2/c1-3-5-7-9-14(12-16,13(17)11-15)10-8-6-4-2/h13,16-17H,3-12,15H2,1-2H3. The molecule has 0 amide bonds. The Balaban J connectivity index is 4.39. The molecule has 0 radical (unpaired) electrons. The monoisotopic (exact) mass is 245 g/mol. The second-order valence-electron chi connectivity index (χ2n) is 5.19. The minimum Gasteiger partial charge on any atom is -0.396 e. The molecule has 0 saturated heterocycles. The normalized spacial score (nSPS) is 13.9. The van der Waals surface area contributed by atoms with Gasteiger partial charge in [0.05, 0.1) is 12.7 Å². The van der Waals surface area contributed by atoms with Crippen molar-refractivity contribution in [3.05, 3.63) is 0 Å². The highest BCUT2D eigenvalue weighted by atomic mass is 16.3. The Hall–Kier alpha value is -0.120. The Morgan fingerprint density at radius 2 is 1.47 bits per heavy atom. The van der Waals surface area contributed by atoms with Crippen molar-refractivity contribution in [2.24, 2.45) is 11.1 Å². The van der Waals surface area contributed by atoms with Gasteiger partial charge in [-0.1, -0.05) is 52.4 Å². The third-order valence-corrected chi connectivity index (χ3v) is 3.80. The van der Waals surface area contributed by atoms with Gasteiger partial charge in [0.1, 0.15) is 0 Å². The summed E-state index contributed by atoms with van der Waals surface area (Å²) in [7, 11) is 0. The van der Waals surface area contributed by atoms with Crippen molar-refractivity contribution in [2.75, 3.05) is 13.2 Å². The minimum absolute atomic E-state index is 0.0544. The summed E-state index contributed by atoms with van der Waals surface area (Å²) in [6, 6.07) is 0. The zero-order valence-electron chi connectivity index (χ0n) is 11.6. The van der Waals surface area contributed by atoms with E-state index in [-0.39, 0.29) is 18.6 Å². The third-order valence-electron chi connectivity index (χ3n) is 3.80. The topological polar surface area (TPSA) is 66.5 Å². The number of aliphatic hydroxyl groups is 2. The zero-order valence-corrected chi connectivity index (χ0v) is 11.6. The molecule has 0 aromatic carbocycles. The molecule has 0 saturated carbocycles. The van der Waals surface area contributed by atoms with E-state index in [0.717, 1.165) is 51.4 Å². The van der Waals surface area contributed by atoms with E-state index in [1.165, 1.54) is 0 Å². The second-order valence-corrected chi connectivity index (χ2v) is 5.19. The average molecular weight is 245 g/mol. The van der Waals surface area contributed by atoms with Gasteiger partial charge in [-0.3, -0.25) is 0 Å². The first kappa shape index (κ1) is 16.9. The van der Waals surface area contributed by atoms with Gasteiger partial charge in [-0.25, -0.2) is 0 Å². The number of nitrogens with two attached hydrogens (primary N) is 1.